The molecule has 2 heterocycles. The molecule has 2 aliphatic carbocycles. The Kier molecular flexibility index (Phi) is 19.8. The van der Waals surface area contributed by atoms with Crippen molar-refractivity contribution in [1.82, 2.24) is 41.7 Å². The first-order chi connectivity index (χ1) is 32.8. The predicted molar refractivity (Wildman–Crippen MR) is 260 cm³/mol. The van der Waals surface area contributed by atoms with Gasteiger partial charge in [-0.05, 0) is 141 Å². The lowest BCUT2D eigenvalue weighted by Gasteiger charge is -2.33. The Bertz CT molecular complexity index is 1890. The molecule has 6 amide bonds. The molecule has 0 radical (unpaired) electrons. The fourth-order valence-electron chi connectivity index (χ4n) is 10.2. The highest BCUT2D eigenvalue weighted by molar-refractivity contribution is 5.95. The normalized spacial score (nSPS) is 22.7. The molecule has 2 saturated heterocycles. The molecular formula is C52H78N8O8. The van der Waals surface area contributed by atoms with E-state index >= 15 is 0 Å². The van der Waals surface area contributed by atoms with Gasteiger partial charge >= 0.3 is 0 Å². The van der Waals surface area contributed by atoms with Gasteiger partial charge in [-0.15, -0.1) is 0 Å². The van der Waals surface area contributed by atoms with Crippen molar-refractivity contribution >= 4 is 35.4 Å². The van der Waals surface area contributed by atoms with Gasteiger partial charge in [0.05, 0.1) is 36.4 Å². The van der Waals surface area contributed by atoms with Crippen LogP contribution < -0.4 is 31.9 Å². The fraction of sp³-hybridized carbons (Fsp3) is 0.654. The number of ether oxygens (including phenoxy) is 2. The molecule has 2 aromatic carbocycles. The third-order valence-electron chi connectivity index (χ3n) is 14.6. The minimum Gasteiger partial charge on any atom is -0.376 e. The molecule has 2 aromatic rings. The first-order valence-corrected chi connectivity index (χ1v) is 25.4. The number of aryl methyl sites for hydroxylation is 2. The van der Waals surface area contributed by atoms with Gasteiger partial charge in [-0.25, -0.2) is 0 Å². The van der Waals surface area contributed by atoms with Gasteiger partial charge in [0, 0.05) is 26.3 Å². The van der Waals surface area contributed by atoms with E-state index in [-0.39, 0.29) is 47.5 Å². The molecule has 0 spiro atoms. The van der Waals surface area contributed by atoms with Crippen LogP contribution in [0.4, 0.5) is 0 Å². The summed E-state index contributed by atoms with van der Waals surface area (Å²) in [6, 6.07) is 11.9. The number of carbonyl (C=O) groups is 6. The first-order valence-electron chi connectivity index (χ1n) is 25.4. The number of likely N-dealkylation sites (N-methyl/N-ethyl adjacent to an activating group) is 2. The van der Waals surface area contributed by atoms with Crippen LogP contribution in [-0.4, -0.2) is 134 Å². The summed E-state index contributed by atoms with van der Waals surface area (Å²) in [5.74, 6) is -1.66. The largest absolute Gasteiger partial charge is 0.376 e. The average Bonchev–Trinajstić information content (AvgIpc) is 4.06. The molecule has 2 fully saturated rings. The van der Waals surface area contributed by atoms with Gasteiger partial charge in [0.1, 0.15) is 24.2 Å². The van der Waals surface area contributed by atoms with Crippen LogP contribution in [0.5, 0.6) is 0 Å². The predicted octanol–water partition coefficient (Wildman–Crippen LogP) is 3.91. The van der Waals surface area contributed by atoms with E-state index in [2.05, 4.69) is 56.2 Å². The highest BCUT2D eigenvalue weighted by Gasteiger charge is 2.43. The summed E-state index contributed by atoms with van der Waals surface area (Å²) < 4.78 is 12.5. The second-order valence-electron chi connectivity index (χ2n) is 19.2. The number of nitrogens with zero attached hydrogens (tertiary/aromatic N) is 2. The van der Waals surface area contributed by atoms with Crippen molar-refractivity contribution in [3.8, 4) is 0 Å². The van der Waals surface area contributed by atoms with Crippen LogP contribution in [-0.2, 0) is 51.1 Å². The maximum Gasteiger partial charge on any atom is 0.248 e. The van der Waals surface area contributed by atoms with Gasteiger partial charge < -0.3 is 51.2 Å². The number of unbranched alkanes of at least 4 members (excludes halogenated alkanes) is 3. The van der Waals surface area contributed by atoms with Crippen molar-refractivity contribution in [2.24, 2.45) is 0 Å². The zero-order chi connectivity index (χ0) is 48.7. The maximum atomic E-state index is 14.3. The Hall–Kier alpha value is -4.90. The number of carbonyl (C=O) groups excluding carboxylic acids is 6. The van der Waals surface area contributed by atoms with Gasteiger partial charge in [-0.1, -0.05) is 61.4 Å². The average molecular weight is 943 g/mol. The van der Waals surface area contributed by atoms with E-state index in [9.17, 15) is 28.8 Å². The fourth-order valence-corrected chi connectivity index (χ4v) is 10.2. The lowest BCUT2D eigenvalue weighted by Crippen LogP contribution is -2.59. The van der Waals surface area contributed by atoms with Crippen LogP contribution in [0.15, 0.2) is 48.5 Å². The molecule has 2 aliphatic heterocycles. The summed E-state index contributed by atoms with van der Waals surface area (Å²) in [5, 5.41) is 18.2. The molecule has 68 heavy (non-hydrogen) atoms. The van der Waals surface area contributed by atoms with Crippen LogP contribution in [0.1, 0.15) is 139 Å². The smallest absolute Gasteiger partial charge is 0.248 e. The summed E-state index contributed by atoms with van der Waals surface area (Å²) in [4.78, 5) is 85.7. The number of likely N-dealkylation sites (tertiary alicyclic amines) is 2. The highest BCUT2D eigenvalue weighted by Crippen LogP contribution is 2.32. The summed E-state index contributed by atoms with van der Waals surface area (Å²) >= 11 is 0. The lowest BCUT2D eigenvalue weighted by molar-refractivity contribution is -0.145. The number of rotatable bonds is 23. The summed E-state index contributed by atoms with van der Waals surface area (Å²) in [6.45, 7) is 8.56. The summed E-state index contributed by atoms with van der Waals surface area (Å²) in [6.07, 6.45) is 9.78. The van der Waals surface area contributed by atoms with E-state index in [0.29, 0.717) is 64.8 Å². The first kappa shape index (κ1) is 52.5. The third-order valence-corrected chi connectivity index (χ3v) is 14.6. The van der Waals surface area contributed by atoms with Crippen molar-refractivity contribution in [2.45, 2.75) is 178 Å². The second kappa shape index (κ2) is 25.6. The lowest BCUT2D eigenvalue weighted by atomic mass is 9.87. The van der Waals surface area contributed by atoms with E-state index in [1.54, 1.807) is 51.6 Å². The van der Waals surface area contributed by atoms with Crippen molar-refractivity contribution in [2.75, 3.05) is 40.4 Å². The van der Waals surface area contributed by atoms with Crippen LogP contribution in [0.2, 0.25) is 0 Å². The molecule has 374 valence electrons. The maximum absolute atomic E-state index is 14.3. The minimum absolute atomic E-state index is 0.102. The summed E-state index contributed by atoms with van der Waals surface area (Å²) in [5.41, 5.74) is 4.76. The zero-order valence-electron chi connectivity index (χ0n) is 41.3. The van der Waals surface area contributed by atoms with E-state index in [0.717, 1.165) is 62.5 Å². The minimum atomic E-state index is -0.983. The Morgan fingerprint density at radius 3 is 1.35 bits per heavy atom. The van der Waals surface area contributed by atoms with Gasteiger partial charge in [-0.2, -0.15) is 0 Å². The number of hydrogen-bond donors (Lipinski definition) is 6. The van der Waals surface area contributed by atoms with E-state index in [4.69, 9.17) is 9.47 Å². The molecular weight excluding hydrogens is 865 g/mol. The van der Waals surface area contributed by atoms with Crippen molar-refractivity contribution < 1.29 is 38.2 Å². The number of hydrogen-bond acceptors (Lipinski definition) is 10. The van der Waals surface area contributed by atoms with Crippen LogP contribution in [0, 0.1) is 0 Å². The monoisotopic (exact) mass is 943 g/mol. The quantitative estimate of drug-likeness (QED) is 0.0889. The molecule has 4 aliphatic rings. The van der Waals surface area contributed by atoms with Gasteiger partial charge in [0.15, 0.2) is 0 Å². The Morgan fingerprint density at radius 2 is 0.956 bits per heavy atom. The molecule has 0 saturated carbocycles. The molecule has 6 rings (SSSR count). The molecule has 16 heteroatoms. The van der Waals surface area contributed by atoms with Crippen LogP contribution in [0.25, 0.3) is 0 Å². The molecule has 6 N–H and O–H groups in total. The number of amides is 6. The number of fused-ring (bicyclic) bond motifs is 2. The number of nitrogens with one attached hydrogen (secondary N) is 6. The Morgan fingerprint density at radius 1 is 0.559 bits per heavy atom. The van der Waals surface area contributed by atoms with Crippen LogP contribution >= 0.6 is 0 Å². The third kappa shape index (κ3) is 13.4. The highest BCUT2D eigenvalue weighted by atomic mass is 16.5. The van der Waals surface area contributed by atoms with Gasteiger partial charge in [0.25, 0.3) is 0 Å². The topological polar surface area (TPSA) is 200 Å². The molecule has 0 bridgehead atoms. The van der Waals surface area contributed by atoms with Crippen molar-refractivity contribution in [3.63, 3.8) is 0 Å². The Labute approximate surface area is 403 Å². The molecule has 10 atom stereocenters. The molecule has 0 aromatic heterocycles. The number of benzene rings is 2. The van der Waals surface area contributed by atoms with E-state index < -0.39 is 48.5 Å². The van der Waals surface area contributed by atoms with Crippen molar-refractivity contribution in [1.29, 1.82) is 0 Å². The van der Waals surface area contributed by atoms with E-state index in [1.165, 1.54) is 11.1 Å². The van der Waals surface area contributed by atoms with E-state index in [1.807, 2.05) is 24.3 Å². The SMILES string of the molecule is CN[C@@H](C)C(=O)N[C@H](C(=O)N1CCC[C@H]1C(=O)N[C@H]1CCCc2ccccc21)[C@@H](C)OCCCCCCO[C@H](C)[C@H](NC(=O)[C@H](C)NC)C(=O)N1CCC[C@H]1C(=O)N[C@@H]1CCCc2ccccc21. The molecule has 16 nitrogen and oxygen atoms in total. The Balaban J connectivity index is 0.977. The zero-order valence-corrected chi connectivity index (χ0v) is 41.3. The molecule has 0 unspecified atom stereocenters. The van der Waals surface area contributed by atoms with Gasteiger partial charge in [0.2, 0.25) is 35.4 Å². The van der Waals surface area contributed by atoms with Gasteiger partial charge in [-0.3, -0.25) is 28.8 Å². The van der Waals surface area contributed by atoms with Crippen molar-refractivity contribution in [3.05, 3.63) is 70.8 Å². The summed E-state index contributed by atoms with van der Waals surface area (Å²) in [7, 11) is 3.36. The second-order valence-corrected chi connectivity index (χ2v) is 19.2. The standard InChI is InChI=1S/C52H78N8O8/c1-33(53-5)47(61)57-45(51(65)59-29-17-27-43(59)49(63)55-41-25-15-21-37-19-9-11-23-39(37)41)35(3)67-31-13-7-8-14-32-68-36(4)46(58-48(62)34(2)54-6)52(66)60-30-18-28-44(60)50(64)56-42-26-16-22-38-20-10-12-24-40(38)42/h9-12,19-20,23-24,33-36,41-46,53-54H,7-8,13-18,21-22,25-32H2,1-6H3,(H,55,63)(H,56,64)(H,57,61)(H,58,62)/t33-,34-,35+,36+,41-,42+,43-,44-,45-,46-/m0/s1. The van der Waals surface area contributed by atoms with Crippen LogP contribution in [0.3, 0.4) is 0 Å².